The van der Waals surface area contributed by atoms with Crippen molar-refractivity contribution in [2.45, 2.75) is 13.8 Å². The predicted octanol–water partition coefficient (Wildman–Crippen LogP) is 1.72. The lowest BCUT2D eigenvalue weighted by Crippen LogP contribution is -2.18. The third-order valence-corrected chi connectivity index (χ3v) is 2.03. The first-order valence-corrected chi connectivity index (χ1v) is 4.17. The van der Waals surface area contributed by atoms with Gasteiger partial charge in [-0.15, -0.1) is 0 Å². The molecule has 0 saturated heterocycles. The molecule has 0 aromatic heterocycles. The van der Waals surface area contributed by atoms with Gasteiger partial charge in [0, 0.05) is 0 Å². The summed E-state index contributed by atoms with van der Waals surface area (Å²) < 4.78 is 26.7. The highest BCUT2D eigenvalue weighted by atomic mass is 19.1. The molecular weight excluding hydrogens is 188 g/mol. The van der Waals surface area contributed by atoms with Crippen LogP contribution in [-0.4, -0.2) is 12.3 Å². The first-order chi connectivity index (χ1) is 6.49. The summed E-state index contributed by atoms with van der Waals surface area (Å²) in [7, 11) is 0. The second-order valence-corrected chi connectivity index (χ2v) is 3.14. The smallest absolute Gasteiger partial charge is 0.182 e. The van der Waals surface area contributed by atoms with E-state index < -0.39 is 29.5 Å². The number of benzene rings is 1. The van der Waals surface area contributed by atoms with Crippen LogP contribution in [0.25, 0.3) is 0 Å². The summed E-state index contributed by atoms with van der Waals surface area (Å²) in [6, 6.07) is 1.36. The standard InChI is InChI=1S/C10H11F2NO/c1-5-3-6(2)10(12)8(9(5)11)7(14)4-13/h3H,4,13H2,1-2H3. The SMILES string of the molecule is Cc1cc(C)c(F)c(C(=O)CN)c1F. The van der Waals surface area contributed by atoms with E-state index in [1.165, 1.54) is 19.9 Å². The Labute approximate surface area is 80.7 Å². The number of carbonyl (C=O) groups excluding carboxylic acids is 1. The topological polar surface area (TPSA) is 43.1 Å². The van der Waals surface area contributed by atoms with Gasteiger partial charge in [-0.2, -0.15) is 0 Å². The van der Waals surface area contributed by atoms with Crippen molar-refractivity contribution in [2.24, 2.45) is 5.73 Å². The van der Waals surface area contributed by atoms with Crippen molar-refractivity contribution in [3.63, 3.8) is 0 Å². The van der Waals surface area contributed by atoms with Gasteiger partial charge in [-0.25, -0.2) is 8.78 Å². The van der Waals surface area contributed by atoms with Crippen LogP contribution >= 0.6 is 0 Å². The first kappa shape index (κ1) is 10.8. The van der Waals surface area contributed by atoms with Crippen LogP contribution in [0.15, 0.2) is 6.07 Å². The molecule has 1 aromatic carbocycles. The number of Topliss-reactive ketones (excluding diaryl/α,β-unsaturated/α-hetero) is 1. The highest BCUT2D eigenvalue weighted by Gasteiger charge is 2.19. The van der Waals surface area contributed by atoms with Crippen LogP contribution in [0.3, 0.4) is 0 Å². The van der Waals surface area contributed by atoms with Gasteiger partial charge >= 0.3 is 0 Å². The molecule has 14 heavy (non-hydrogen) atoms. The molecule has 1 aromatic rings. The van der Waals surface area contributed by atoms with Crippen LogP contribution in [0, 0.1) is 25.5 Å². The highest BCUT2D eigenvalue weighted by Crippen LogP contribution is 2.20. The lowest BCUT2D eigenvalue weighted by Gasteiger charge is -2.07. The molecule has 0 heterocycles. The number of hydrogen-bond acceptors (Lipinski definition) is 2. The van der Waals surface area contributed by atoms with E-state index in [-0.39, 0.29) is 11.1 Å². The summed E-state index contributed by atoms with van der Waals surface area (Å²) in [5.41, 5.74) is 5.04. The molecule has 2 nitrogen and oxygen atoms in total. The van der Waals surface area contributed by atoms with Crippen molar-refractivity contribution in [2.75, 3.05) is 6.54 Å². The summed E-state index contributed by atoms with van der Waals surface area (Å²) in [5, 5.41) is 0. The zero-order valence-electron chi connectivity index (χ0n) is 8.03. The average Bonchev–Trinajstić information content (AvgIpc) is 2.15. The fourth-order valence-electron chi connectivity index (χ4n) is 1.29. The van der Waals surface area contributed by atoms with E-state index in [4.69, 9.17) is 5.73 Å². The normalized spacial score (nSPS) is 10.4. The number of ketones is 1. The van der Waals surface area contributed by atoms with Crippen LogP contribution in [0.1, 0.15) is 21.5 Å². The lowest BCUT2D eigenvalue weighted by atomic mass is 10.0. The van der Waals surface area contributed by atoms with Gasteiger partial charge in [-0.1, -0.05) is 6.07 Å². The number of rotatable bonds is 2. The Morgan fingerprint density at radius 3 is 2.07 bits per heavy atom. The Morgan fingerprint density at radius 1 is 1.29 bits per heavy atom. The number of aryl methyl sites for hydroxylation is 2. The third-order valence-electron chi connectivity index (χ3n) is 2.03. The summed E-state index contributed by atoms with van der Waals surface area (Å²) in [6.45, 7) is 2.57. The molecular formula is C10H11F2NO. The Hall–Kier alpha value is -1.29. The van der Waals surface area contributed by atoms with E-state index in [9.17, 15) is 13.6 Å². The predicted molar refractivity (Wildman–Crippen MR) is 49.2 cm³/mol. The van der Waals surface area contributed by atoms with Crippen molar-refractivity contribution < 1.29 is 13.6 Å². The summed E-state index contributed by atoms with van der Waals surface area (Å²) in [4.78, 5) is 11.2. The van der Waals surface area contributed by atoms with E-state index in [1.54, 1.807) is 0 Å². The molecule has 0 saturated carbocycles. The number of carbonyl (C=O) groups is 1. The Balaban J connectivity index is 3.47. The van der Waals surface area contributed by atoms with Crippen LogP contribution < -0.4 is 5.73 Å². The molecule has 0 atom stereocenters. The average molecular weight is 199 g/mol. The zero-order valence-corrected chi connectivity index (χ0v) is 8.03. The molecule has 0 aliphatic carbocycles. The van der Waals surface area contributed by atoms with Crippen LogP contribution in [-0.2, 0) is 0 Å². The maximum absolute atomic E-state index is 13.4. The van der Waals surface area contributed by atoms with Crippen LogP contribution in [0.2, 0.25) is 0 Å². The fourth-order valence-corrected chi connectivity index (χ4v) is 1.29. The van der Waals surface area contributed by atoms with Gasteiger partial charge in [-0.05, 0) is 25.0 Å². The van der Waals surface area contributed by atoms with Crippen LogP contribution in [0.4, 0.5) is 8.78 Å². The molecule has 76 valence electrons. The Kier molecular flexibility index (Phi) is 2.96. The van der Waals surface area contributed by atoms with E-state index in [1.807, 2.05) is 0 Å². The molecule has 0 radical (unpaired) electrons. The minimum atomic E-state index is -0.816. The monoisotopic (exact) mass is 199 g/mol. The van der Waals surface area contributed by atoms with Gasteiger partial charge in [0.05, 0.1) is 12.1 Å². The largest absolute Gasteiger partial charge is 0.324 e. The van der Waals surface area contributed by atoms with Crippen LogP contribution in [0.5, 0.6) is 0 Å². The second-order valence-electron chi connectivity index (χ2n) is 3.14. The van der Waals surface area contributed by atoms with Gasteiger partial charge in [-0.3, -0.25) is 4.79 Å². The molecule has 0 amide bonds. The maximum Gasteiger partial charge on any atom is 0.182 e. The number of hydrogen-bond donors (Lipinski definition) is 1. The molecule has 4 heteroatoms. The van der Waals surface area contributed by atoms with Gasteiger partial charge < -0.3 is 5.73 Å². The second kappa shape index (κ2) is 3.84. The zero-order chi connectivity index (χ0) is 10.9. The first-order valence-electron chi connectivity index (χ1n) is 4.17. The summed E-state index contributed by atoms with van der Waals surface area (Å²) >= 11 is 0. The van der Waals surface area contributed by atoms with E-state index in [0.717, 1.165) is 0 Å². The van der Waals surface area contributed by atoms with Gasteiger partial charge in [0.1, 0.15) is 11.6 Å². The minimum Gasteiger partial charge on any atom is -0.324 e. The quantitative estimate of drug-likeness (QED) is 0.737. The maximum atomic E-state index is 13.4. The van der Waals surface area contributed by atoms with Crippen molar-refractivity contribution >= 4 is 5.78 Å². The molecule has 0 bridgehead atoms. The Bertz CT molecular complexity index is 362. The third kappa shape index (κ3) is 1.65. The van der Waals surface area contributed by atoms with Gasteiger partial charge in [0.2, 0.25) is 0 Å². The highest BCUT2D eigenvalue weighted by molar-refractivity contribution is 5.98. The van der Waals surface area contributed by atoms with E-state index in [2.05, 4.69) is 0 Å². The number of nitrogens with two attached hydrogens (primary N) is 1. The van der Waals surface area contributed by atoms with Gasteiger partial charge in [0.15, 0.2) is 5.78 Å². The minimum absolute atomic E-state index is 0.251. The van der Waals surface area contributed by atoms with Crippen molar-refractivity contribution in [3.05, 3.63) is 34.4 Å². The van der Waals surface area contributed by atoms with Gasteiger partial charge in [0.25, 0.3) is 0 Å². The van der Waals surface area contributed by atoms with E-state index >= 15 is 0 Å². The molecule has 0 aliphatic rings. The molecule has 1 rings (SSSR count). The lowest BCUT2D eigenvalue weighted by molar-refractivity contribution is 0.0993. The van der Waals surface area contributed by atoms with Crippen molar-refractivity contribution in [3.8, 4) is 0 Å². The summed E-state index contributed by atoms with van der Waals surface area (Å²) in [5.74, 6) is -2.35. The molecule has 0 spiro atoms. The number of halogens is 2. The molecule has 0 aliphatic heterocycles. The van der Waals surface area contributed by atoms with Crippen molar-refractivity contribution in [1.29, 1.82) is 0 Å². The summed E-state index contributed by atoms with van der Waals surface area (Å²) in [6.07, 6.45) is 0. The van der Waals surface area contributed by atoms with Crippen molar-refractivity contribution in [1.82, 2.24) is 0 Å². The Morgan fingerprint density at radius 2 is 1.71 bits per heavy atom. The fraction of sp³-hybridized carbons (Fsp3) is 0.300. The molecule has 2 N–H and O–H groups in total. The molecule has 0 unspecified atom stereocenters. The van der Waals surface area contributed by atoms with E-state index in [0.29, 0.717) is 0 Å². The molecule has 0 fully saturated rings.